The third-order valence-electron chi connectivity index (χ3n) is 5.70. The van der Waals surface area contributed by atoms with Gasteiger partial charge < -0.3 is 10.1 Å². The molecule has 1 N–H and O–H groups in total. The molecule has 0 unspecified atom stereocenters. The molecule has 0 aliphatic carbocycles. The van der Waals surface area contributed by atoms with Gasteiger partial charge in [0.15, 0.2) is 0 Å². The molecule has 0 radical (unpaired) electrons. The SMILES string of the molecule is Cc1ccc(N2C(=O)C(Cl)=C(Nc3ccc(C(=O)Oc4ccc(C)c(C)c4)cc3)C2=O)c(C)c1. The van der Waals surface area contributed by atoms with Crippen LogP contribution in [0.2, 0.25) is 0 Å². The summed E-state index contributed by atoms with van der Waals surface area (Å²) in [6.07, 6.45) is 0. The third-order valence-corrected chi connectivity index (χ3v) is 6.05. The van der Waals surface area contributed by atoms with Crippen LogP contribution >= 0.6 is 11.6 Å². The van der Waals surface area contributed by atoms with E-state index in [0.717, 1.165) is 27.2 Å². The molecular weight excluding hydrogens is 452 g/mol. The number of aryl methyl sites for hydroxylation is 4. The van der Waals surface area contributed by atoms with Crippen molar-refractivity contribution in [3.8, 4) is 5.75 Å². The summed E-state index contributed by atoms with van der Waals surface area (Å²) in [6.45, 7) is 7.70. The lowest BCUT2D eigenvalue weighted by molar-refractivity contribution is -0.120. The second-order valence-corrected chi connectivity index (χ2v) is 8.64. The topological polar surface area (TPSA) is 75.7 Å². The first-order valence-electron chi connectivity index (χ1n) is 10.7. The highest BCUT2D eigenvalue weighted by molar-refractivity contribution is 6.53. The summed E-state index contributed by atoms with van der Waals surface area (Å²) in [6, 6.07) is 17.3. The Bertz CT molecular complexity index is 1360. The predicted octanol–water partition coefficient (Wildman–Crippen LogP) is 5.58. The average Bonchev–Trinajstić information content (AvgIpc) is 3.00. The van der Waals surface area contributed by atoms with E-state index in [1.54, 1.807) is 36.4 Å². The van der Waals surface area contributed by atoms with E-state index in [-0.39, 0.29) is 10.7 Å². The summed E-state index contributed by atoms with van der Waals surface area (Å²) < 4.78 is 5.45. The maximum atomic E-state index is 13.0. The molecule has 3 aromatic carbocycles. The average molecular weight is 475 g/mol. The molecule has 1 aliphatic rings. The van der Waals surface area contributed by atoms with Crippen LogP contribution in [0.1, 0.15) is 32.6 Å². The van der Waals surface area contributed by atoms with E-state index >= 15 is 0 Å². The summed E-state index contributed by atoms with van der Waals surface area (Å²) in [5.74, 6) is -1.16. The zero-order valence-electron chi connectivity index (χ0n) is 19.2. The van der Waals surface area contributed by atoms with Gasteiger partial charge in [-0.25, -0.2) is 9.69 Å². The molecule has 0 atom stereocenters. The number of halogens is 1. The van der Waals surface area contributed by atoms with Gasteiger partial charge in [-0.3, -0.25) is 9.59 Å². The highest BCUT2D eigenvalue weighted by atomic mass is 35.5. The van der Waals surface area contributed by atoms with Gasteiger partial charge in [-0.15, -0.1) is 0 Å². The summed E-state index contributed by atoms with van der Waals surface area (Å²) in [4.78, 5) is 39.3. The Labute approximate surface area is 202 Å². The van der Waals surface area contributed by atoms with Crippen molar-refractivity contribution in [3.63, 3.8) is 0 Å². The first kappa shape index (κ1) is 23.3. The lowest BCUT2D eigenvalue weighted by Gasteiger charge is -2.18. The minimum absolute atomic E-state index is 0.0166. The van der Waals surface area contributed by atoms with E-state index in [9.17, 15) is 14.4 Å². The van der Waals surface area contributed by atoms with Crippen LogP contribution in [0.5, 0.6) is 5.75 Å². The van der Waals surface area contributed by atoms with Crippen molar-refractivity contribution in [2.75, 3.05) is 10.2 Å². The molecular formula is C27H23ClN2O4. The van der Waals surface area contributed by atoms with Crippen molar-refractivity contribution in [2.24, 2.45) is 0 Å². The number of anilines is 2. The largest absolute Gasteiger partial charge is 0.423 e. The van der Waals surface area contributed by atoms with Crippen LogP contribution < -0.4 is 15.0 Å². The number of carbonyl (C=O) groups excluding carboxylic acids is 3. The minimum Gasteiger partial charge on any atom is -0.423 e. The van der Waals surface area contributed by atoms with E-state index < -0.39 is 17.8 Å². The number of benzene rings is 3. The molecule has 0 fully saturated rings. The first-order chi connectivity index (χ1) is 16.2. The Kier molecular flexibility index (Phi) is 6.26. The van der Waals surface area contributed by atoms with Crippen LogP contribution in [0.3, 0.4) is 0 Å². The lowest BCUT2D eigenvalue weighted by Crippen LogP contribution is -2.32. The third kappa shape index (κ3) is 4.45. The second-order valence-electron chi connectivity index (χ2n) is 8.26. The number of nitrogens with one attached hydrogen (secondary N) is 1. The number of imide groups is 1. The Hall–Kier alpha value is -3.90. The lowest BCUT2D eigenvalue weighted by atomic mass is 10.1. The van der Waals surface area contributed by atoms with Gasteiger partial charge in [0.1, 0.15) is 16.5 Å². The van der Waals surface area contributed by atoms with Crippen molar-refractivity contribution in [2.45, 2.75) is 27.7 Å². The number of nitrogens with zero attached hydrogens (tertiary/aromatic N) is 1. The fraction of sp³-hybridized carbons (Fsp3) is 0.148. The van der Waals surface area contributed by atoms with Crippen LogP contribution in [0, 0.1) is 27.7 Å². The Morgan fingerprint density at radius 1 is 0.824 bits per heavy atom. The number of carbonyl (C=O) groups is 3. The molecule has 1 aliphatic heterocycles. The van der Waals surface area contributed by atoms with E-state index in [0.29, 0.717) is 22.7 Å². The minimum atomic E-state index is -0.588. The summed E-state index contributed by atoms with van der Waals surface area (Å²) in [7, 11) is 0. The van der Waals surface area contributed by atoms with E-state index in [2.05, 4.69) is 5.32 Å². The van der Waals surface area contributed by atoms with Crippen molar-refractivity contribution in [1.29, 1.82) is 0 Å². The molecule has 2 amide bonds. The maximum Gasteiger partial charge on any atom is 0.343 e. The maximum absolute atomic E-state index is 13.0. The fourth-order valence-corrected chi connectivity index (χ4v) is 3.88. The highest BCUT2D eigenvalue weighted by Gasteiger charge is 2.39. The molecule has 7 heteroatoms. The normalized spacial score (nSPS) is 13.5. The van der Waals surface area contributed by atoms with Gasteiger partial charge in [0, 0.05) is 5.69 Å². The molecule has 0 aromatic heterocycles. The van der Waals surface area contributed by atoms with Crippen LogP contribution in [0.25, 0.3) is 0 Å². The van der Waals surface area contributed by atoms with Crippen LogP contribution in [-0.4, -0.2) is 17.8 Å². The number of hydrogen-bond acceptors (Lipinski definition) is 5. The molecule has 0 bridgehead atoms. The summed E-state index contributed by atoms with van der Waals surface area (Å²) in [5, 5.41) is 2.72. The van der Waals surface area contributed by atoms with Crippen molar-refractivity contribution in [3.05, 3.63) is 99.2 Å². The Morgan fingerprint density at radius 2 is 1.53 bits per heavy atom. The molecule has 1 heterocycles. The first-order valence-corrected chi connectivity index (χ1v) is 11.1. The van der Waals surface area contributed by atoms with Crippen molar-refractivity contribution < 1.29 is 19.1 Å². The van der Waals surface area contributed by atoms with Gasteiger partial charge >= 0.3 is 5.97 Å². The highest BCUT2D eigenvalue weighted by Crippen LogP contribution is 2.32. The monoisotopic (exact) mass is 474 g/mol. The summed E-state index contributed by atoms with van der Waals surface area (Å²) in [5.41, 5.74) is 5.26. The van der Waals surface area contributed by atoms with Crippen molar-refractivity contribution in [1.82, 2.24) is 0 Å². The standard InChI is InChI=1S/C27H23ClN2O4/c1-15-5-12-22(18(4)13-15)30-25(31)23(28)24(26(30)32)29-20-9-7-19(8-10-20)27(33)34-21-11-6-16(2)17(3)14-21/h5-14,29H,1-4H3. The van der Waals surface area contributed by atoms with E-state index in [1.165, 1.54) is 0 Å². The van der Waals surface area contributed by atoms with Crippen LogP contribution in [0.15, 0.2) is 71.4 Å². The molecule has 3 aromatic rings. The number of ether oxygens (including phenoxy) is 1. The fourth-order valence-electron chi connectivity index (χ4n) is 3.66. The van der Waals surface area contributed by atoms with Gasteiger partial charge in [-0.1, -0.05) is 35.4 Å². The van der Waals surface area contributed by atoms with Gasteiger partial charge in [0.05, 0.1) is 11.3 Å². The van der Waals surface area contributed by atoms with Gasteiger partial charge in [-0.2, -0.15) is 0 Å². The second kappa shape index (κ2) is 9.15. The zero-order chi connectivity index (χ0) is 24.6. The number of amides is 2. The predicted molar refractivity (Wildman–Crippen MR) is 132 cm³/mol. The van der Waals surface area contributed by atoms with E-state index in [4.69, 9.17) is 16.3 Å². The Balaban J connectivity index is 1.49. The quantitative estimate of drug-likeness (QED) is 0.297. The number of rotatable bonds is 5. The van der Waals surface area contributed by atoms with Gasteiger partial charge in [0.25, 0.3) is 11.8 Å². The van der Waals surface area contributed by atoms with Crippen molar-refractivity contribution >= 4 is 40.8 Å². The molecule has 34 heavy (non-hydrogen) atoms. The van der Waals surface area contributed by atoms with Gasteiger partial charge in [0.2, 0.25) is 0 Å². The van der Waals surface area contributed by atoms with Crippen LogP contribution in [-0.2, 0) is 9.59 Å². The summed E-state index contributed by atoms with van der Waals surface area (Å²) >= 11 is 6.23. The molecule has 6 nitrogen and oxygen atoms in total. The van der Waals surface area contributed by atoms with E-state index in [1.807, 2.05) is 52.0 Å². The molecule has 0 saturated carbocycles. The molecule has 172 valence electrons. The Morgan fingerprint density at radius 3 is 2.18 bits per heavy atom. The smallest absolute Gasteiger partial charge is 0.343 e. The number of esters is 1. The number of hydrogen-bond donors (Lipinski definition) is 1. The van der Waals surface area contributed by atoms with Gasteiger partial charge in [-0.05, 0) is 86.8 Å². The molecule has 4 rings (SSSR count). The molecule has 0 spiro atoms. The van der Waals surface area contributed by atoms with Crippen LogP contribution in [0.4, 0.5) is 11.4 Å². The molecule has 0 saturated heterocycles. The zero-order valence-corrected chi connectivity index (χ0v) is 20.0.